The van der Waals surface area contributed by atoms with E-state index >= 15 is 0 Å². The molecule has 1 amide bonds. The number of carbonyl (C=O) groups is 1. The van der Waals surface area contributed by atoms with Gasteiger partial charge in [-0.05, 0) is 42.0 Å². The van der Waals surface area contributed by atoms with Crippen LogP contribution in [0.15, 0.2) is 66.7 Å². The number of benzene rings is 3. The molecule has 0 aliphatic heterocycles. The van der Waals surface area contributed by atoms with Gasteiger partial charge in [-0.1, -0.05) is 48.0 Å². The van der Waals surface area contributed by atoms with Gasteiger partial charge in [0.1, 0.15) is 0 Å². The molecular formula is C20H20N2O. The van der Waals surface area contributed by atoms with Gasteiger partial charge >= 0.3 is 0 Å². The van der Waals surface area contributed by atoms with Crippen LogP contribution in [-0.2, 0) is 4.79 Å². The molecule has 3 heteroatoms. The van der Waals surface area contributed by atoms with Gasteiger partial charge < -0.3 is 10.2 Å². The molecule has 116 valence electrons. The van der Waals surface area contributed by atoms with Crippen LogP contribution in [0.2, 0.25) is 0 Å². The fourth-order valence-corrected chi connectivity index (χ4v) is 2.57. The Morgan fingerprint density at radius 1 is 0.957 bits per heavy atom. The van der Waals surface area contributed by atoms with Gasteiger partial charge in [0.2, 0.25) is 5.91 Å². The van der Waals surface area contributed by atoms with Gasteiger partial charge in [0, 0.05) is 18.4 Å². The number of nitrogens with one attached hydrogen (secondary N) is 1. The van der Waals surface area contributed by atoms with Gasteiger partial charge in [0.05, 0.1) is 6.54 Å². The van der Waals surface area contributed by atoms with E-state index in [0.717, 1.165) is 16.8 Å². The summed E-state index contributed by atoms with van der Waals surface area (Å²) in [4.78, 5) is 14.2. The van der Waals surface area contributed by atoms with Gasteiger partial charge in [0.15, 0.2) is 0 Å². The van der Waals surface area contributed by atoms with Crippen molar-refractivity contribution in [2.45, 2.75) is 6.92 Å². The molecule has 3 nitrogen and oxygen atoms in total. The summed E-state index contributed by atoms with van der Waals surface area (Å²) in [5.41, 5.74) is 3.07. The topological polar surface area (TPSA) is 32.3 Å². The third kappa shape index (κ3) is 3.69. The lowest BCUT2D eigenvalue weighted by Crippen LogP contribution is -2.30. The largest absolute Gasteiger partial charge is 0.365 e. The SMILES string of the molecule is Cc1ccc(N(C)CC(=O)Nc2ccc3ccccc3c2)cc1. The molecule has 0 aliphatic rings. The van der Waals surface area contributed by atoms with E-state index in [1.165, 1.54) is 10.9 Å². The summed E-state index contributed by atoms with van der Waals surface area (Å²) in [6.45, 7) is 2.37. The molecule has 0 radical (unpaired) electrons. The summed E-state index contributed by atoms with van der Waals surface area (Å²) in [5.74, 6) is -0.0247. The van der Waals surface area contributed by atoms with Crippen molar-refractivity contribution in [3.8, 4) is 0 Å². The number of nitrogens with zero attached hydrogens (tertiary/aromatic N) is 1. The fraction of sp³-hybridized carbons (Fsp3) is 0.150. The number of fused-ring (bicyclic) bond motifs is 1. The van der Waals surface area contributed by atoms with Crippen LogP contribution in [0.5, 0.6) is 0 Å². The lowest BCUT2D eigenvalue weighted by atomic mass is 10.1. The lowest BCUT2D eigenvalue weighted by molar-refractivity contribution is -0.114. The Bertz CT molecular complexity index is 824. The number of hydrogen-bond donors (Lipinski definition) is 1. The van der Waals surface area contributed by atoms with E-state index in [4.69, 9.17) is 0 Å². The number of hydrogen-bond acceptors (Lipinski definition) is 2. The maximum Gasteiger partial charge on any atom is 0.243 e. The monoisotopic (exact) mass is 304 g/mol. The number of anilines is 2. The van der Waals surface area contributed by atoms with Crippen LogP contribution in [0.25, 0.3) is 10.8 Å². The fourth-order valence-electron chi connectivity index (χ4n) is 2.57. The summed E-state index contributed by atoms with van der Waals surface area (Å²) in [6.07, 6.45) is 0. The van der Waals surface area contributed by atoms with E-state index < -0.39 is 0 Å². The molecule has 0 atom stereocenters. The molecule has 0 saturated heterocycles. The molecule has 0 aliphatic carbocycles. The number of rotatable bonds is 4. The van der Waals surface area contributed by atoms with Crippen molar-refractivity contribution in [1.29, 1.82) is 0 Å². The van der Waals surface area contributed by atoms with Gasteiger partial charge in [0.25, 0.3) is 0 Å². The van der Waals surface area contributed by atoms with Gasteiger partial charge in [-0.25, -0.2) is 0 Å². The van der Waals surface area contributed by atoms with Crippen molar-refractivity contribution in [2.24, 2.45) is 0 Å². The van der Waals surface area contributed by atoms with E-state index in [9.17, 15) is 4.79 Å². The quantitative estimate of drug-likeness (QED) is 0.782. The van der Waals surface area contributed by atoms with Crippen LogP contribution >= 0.6 is 0 Å². The molecule has 0 spiro atoms. The first kappa shape index (κ1) is 15.1. The van der Waals surface area contributed by atoms with Crippen LogP contribution in [0.1, 0.15) is 5.56 Å². The first-order chi connectivity index (χ1) is 11.1. The minimum absolute atomic E-state index is 0.0247. The summed E-state index contributed by atoms with van der Waals surface area (Å²) in [6, 6.07) is 22.2. The first-order valence-corrected chi connectivity index (χ1v) is 7.68. The van der Waals surface area contributed by atoms with E-state index in [1.54, 1.807) is 0 Å². The van der Waals surface area contributed by atoms with Crippen molar-refractivity contribution in [1.82, 2.24) is 0 Å². The number of carbonyl (C=O) groups excluding carboxylic acids is 1. The molecular weight excluding hydrogens is 284 g/mol. The van der Waals surface area contributed by atoms with Crippen LogP contribution in [0.4, 0.5) is 11.4 Å². The van der Waals surface area contributed by atoms with Crippen LogP contribution in [0, 0.1) is 6.92 Å². The molecule has 1 N–H and O–H groups in total. The highest BCUT2D eigenvalue weighted by atomic mass is 16.2. The molecule has 0 saturated carbocycles. The summed E-state index contributed by atoms with van der Waals surface area (Å²) >= 11 is 0. The molecule has 0 unspecified atom stereocenters. The zero-order chi connectivity index (χ0) is 16.2. The Morgan fingerprint density at radius 3 is 2.39 bits per heavy atom. The van der Waals surface area contributed by atoms with Gasteiger partial charge in [-0.15, -0.1) is 0 Å². The van der Waals surface area contributed by atoms with Crippen molar-refractivity contribution in [2.75, 3.05) is 23.8 Å². The minimum atomic E-state index is -0.0247. The van der Waals surface area contributed by atoms with E-state index in [-0.39, 0.29) is 5.91 Å². The molecule has 0 bridgehead atoms. The van der Waals surface area contributed by atoms with Crippen LogP contribution < -0.4 is 10.2 Å². The zero-order valence-corrected chi connectivity index (χ0v) is 13.4. The number of amides is 1. The van der Waals surface area contributed by atoms with E-state index in [0.29, 0.717) is 6.54 Å². The highest BCUT2D eigenvalue weighted by Gasteiger charge is 2.08. The molecule has 0 fully saturated rings. The predicted octanol–water partition coefficient (Wildman–Crippen LogP) is 4.22. The second kappa shape index (κ2) is 6.53. The Labute approximate surface area is 136 Å². The predicted molar refractivity (Wildman–Crippen MR) is 97.0 cm³/mol. The van der Waals surface area contributed by atoms with Crippen molar-refractivity contribution in [3.05, 3.63) is 72.3 Å². The maximum absolute atomic E-state index is 12.2. The lowest BCUT2D eigenvalue weighted by Gasteiger charge is -2.19. The smallest absolute Gasteiger partial charge is 0.243 e. The van der Waals surface area contributed by atoms with Gasteiger partial charge in [-0.3, -0.25) is 4.79 Å². The molecule has 0 aromatic heterocycles. The first-order valence-electron chi connectivity index (χ1n) is 7.68. The van der Waals surface area contributed by atoms with Crippen LogP contribution in [-0.4, -0.2) is 19.5 Å². The third-order valence-corrected chi connectivity index (χ3v) is 3.89. The van der Waals surface area contributed by atoms with Crippen molar-refractivity contribution >= 4 is 28.1 Å². The van der Waals surface area contributed by atoms with Crippen molar-refractivity contribution in [3.63, 3.8) is 0 Å². The van der Waals surface area contributed by atoms with Crippen LogP contribution in [0.3, 0.4) is 0 Å². The normalized spacial score (nSPS) is 10.5. The highest BCUT2D eigenvalue weighted by Crippen LogP contribution is 2.19. The molecule has 3 rings (SSSR count). The highest BCUT2D eigenvalue weighted by molar-refractivity contribution is 5.96. The molecule has 0 heterocycles. The second-order valence-electron chi connectivity index (χ2n) is 5.80. The zero-order valence-electron chi connectivity index (χ0n) is 13.4. The Kier molecular flexibility index (Phi) is 4.29. The van der Waals surface area contributed by atoms with Crippen molar-refractivity contribution < 1.29 is 4.79 Å². The van der Waals surface area contributed by atoms with E-state index in [1.807, 2.05) is 72.6 Å². The molecule has 3 aromatic rings. The average molecular weight is 304 g/mol. The Morgan fingerprint density at radius 2 is 1.65 bits per heavy atom. The third-order valence-electron chi connectivity index (χ3n) is 3.89. The Hall–Kier alpha value is -2.81. The molecule has 3 aromatic carbocycles. The summed E-state index contributed by atoms with van der Waals surface area (Å²) in [5, 5.41) is 5.26. The minimum Gasteiger partial charge on any atom is -0.365 e. The summed E-state index contributed by atoms with van der Waals surface area (Å²) in [7, 11) is 1.92. The number of aryl methyl sites for hydroxylation is 1. The maximum atomic E-state index is 12.2. The average Bonchev–Trinajstić information content (AvgIpc) is 2.55. The Balaban J connectivity index is 1.67. The molecule has 23 heavy (non-hydrogen) atoms. The van der Waals surface area contributed by atoms with E-state index in [2.05, 4.69) is 18.3 Å². The standard InChI is InChI=1S/C20H20N2O/c1-15-7-11-19(12-8-15)22(2)14-20(23)21-18-10-9-16-5-3-4-6-17(16)13-18/h3-13H,14H2,1-2H3,(H,21,23). The van der Waals surface area contributed by atoms with Gasteiger partial charge in [-0.2, -0.15) is 0 Å². The second-order valence-corrected chi connectivity index (χ2v) is 5.80. The number of likely N-dealkylation sites (N-methyl/N-ethyl adjacent to an activating group) is 1. The summed E-state index contributed by atoms with van der Waals surface area (Å²) < 4.78 is 0.